The van der Waals surface area contributed by atoms with E-state index in [9.17, 15) is 0 Å². The van der Waals surface area contributed by atoms with E-state index in [0.29, 0.717) is 6.04 Å². The van der Waals surface area contributed by atoms with E-state index in [0.717, 1.165) is 40.5 Å². The van der Waals surface area contributed by atoms with Gasteiger partial charge < -0.3 is 4.98 Å². The highest BCUT2D eigenvalue weighted by molar-refractivity contribution is 9.10. The van der Waals surface area contributed by atoms with Crippen molar-refractivity contribution in [2.24, 2.45) is 0 Å². The number of likely N-dealkylation sites (tertiary alicyclic amines) is 1. The Morgan fingerprint density at radius 1 is 1.24 bits per heavy atom. The van der Waals surface area contributed by atoms with Gasteiger partial charge in [-0.05, 0) is 65.9 Å². The van der Waals surface area contributed by atoms with Gasteiger partial charge in [0.15, 0.2) is 0 Å². The fraction of sp³-hybridized carbons (Fsp3) is 0.368. The molecule has 1 fully saturated rings. The summed E-state index contributed by atoms with van der Waals surface area (Å²) in [4.78, 5) is 15.7. The molecule has 3 heterocycles. The second-order valence-electron chi connectivity index (χ2n) is 6.62. The third-order valence-electron chi connectivity index (χ3n) is 5.13. The lowest BCUT2D eigenvalue weighted by molar-refractivity contribution is 0.0985. The predicted octanol–water partition coefficient (Wildman–Crippen LogP) is 5.13. The molecule has 1 unspecified atom stereocenters. The van der Waals surface area contributed by atoms with Crippen LogP contribution >= 0.6 is 25.2 Å². The number of H-pyrrole nitrogens is 1. The van der Waals surface area contributed by atoms with E-state index in [1.807, 2.05) is 24.4 Å². The minimum Gasteiger partial charge on any atom is -0.341 e. The van der Waals surface area contributed by atoms with E-state index in [4.69, 9.17) is 9.97 Å². The molecule has 0 aliphatic carbocycles. The van der Waals surface area contributed by atoms with Crippen molar-refractivity contribution in [1.82, 2.24) is 19.9 Å². The number of imidazole rings is 1. The number of fused-ring (bicyclic) bond motifs is 1. The summed E-state index contributed by atoms with van der Waals surface area (Å²) in [5, 5.41) is 0. The number of hydrogen-bond acceptors (Lipinski definition) is 3. The second kappa shape index (κ2) is 7.14. The minimum absolute atomic E-state index is 0.289. The van der Waals surface area contributed by atoms with Gasteiger partial charge in [-0.3, -0.25) is 9.88 Å². The highest BCUT2D eigenvalue weighted by Gasteiger charge is 2.34. The molecule has 4 rings (SSSR count). The van der Waals surface area contributed by atoms with E-state index in [-0.39, 0.29) is 6.04 Å². The van der Waals surface area contributed by atoms with Crippen LogP contribution in [0.4, 0.5) is 0 Å². The van der Waals surface area contributed by atoms with Gasteiger partial charge in [0.05, 0.1) is 23.3 Å². The zero-order valence-electron chi connectivity index (χ0n) is 14.2. The number of piperidine rings is 1. The van der Waals surface area contributed by atoms with Crippen molar-refractivity contribution in [1.29, 1.82) is 0 Å². The number of rotatable bonds is 3. The maximum Gasteiger partial charge on any atom is 0.124 e. The molecule has 0 bridgehead atoms. The molecule has 3 atom stereocenters. The van der Waals surface area contributed by atoms with E-state index in [1.165, 1.54) is 17.7 Å². The van der Waals surface area contributed by atoms with Gasteiger partial charge >= 0.3 is 0 Å². The Morgan fingerprint density at radius 2 is 2.08 bits per heavy atom. The van der Waals surface area contributed by atoms with Crippen molar-refractivity contribution >= 4 is 36.2 Å². The Kier molecular flexibility index (Phi) is 4.90. The standard InChI is InChI=1S/C19H22BrN4P/c1-12-5-4-10-21-17(12)15-8-3-9-16(24(15)11-25)19-22-14-7-2-6-13(20)18(14)23-19/h2,4-7,10,15-16H,3,8-9,11,25H2,1H3,(H,22,23)/t15-,16+/m0/s1. The number of aryl methyl sites for hydroxylation is 1. The van der Waals surface area contributed by atoms with Crippen LogP contribution in [0.25, 0.3) is 11.0 Å². The molecule has 4 nitrogen and oxygen atoms in total. The number of para-hydroxylation sites is 1. The van der Waals surface area contributed by atoms with Crippen LogP contribution in [0, 0.1) is 6.92 Å². The van der Waals surface area contributed by atoms with Gasteiger partial charge in [0.25, 0.3) is 0 Å². The quantitative estimate of drug-likeness (QED) is 0.601. The molecular formula is C19H22BrN4P. The Balaban J connectivity index is 1.73. The summed E-state index contributed by atoms with van der Waals surface area (Å²) in [7, 11) is 2.90. The van der Waals surface area contributed by atoms with E-state index in [1.54, 1.807) is 0 Å². The molecule has 1 N–H and O–H groups in total. The molecule has 130 valence electrons. The van der Waals surface area contributed by atoms with Gasteiger partial charge in [0, 0.05) is 17.0 Å². The smallest absolute Gasteiger partial charge is 0.124 e. The number of benzene rings is 1. The molecule has 0 saturated carbocycles. The summed E-state index contributed by atoms with van der Waals surface area (Å²) in [6, 6.07) is 11.0. The van der Waals surface area contributed by atoms with Gasteiger partial charge in [-0.1, -0.05) is 12.1 Å². The van der Waals surface area contributed by atoms with Crippen LogP contribution in [0.15, 0.2) is 41.0 Å². The fourth-order valence-corrected chi connectivity index (χ4v) is 4.88. The first-order valence-corrected chi connectivity index (χ1v) is 10.3. The van der Waals surface area contributed by atoms with Gasteiger partial charge in [-0.25, -0.2) is 4.98 Å². The largest absolute Gasteiger partial charge is 0.341 e. The van der Waals surface area contributed by atoms with Crippen LogP contribution in [0.3, 0.4) is 0 Å². The number of nitrogens with one attached hydrogen (secondary N) is 1. The normalized spacial score (nSPS) is 21.7. The van der Waals surface area contributed by atoms with Gasteiger partial charge in [0.1, 0.15) is 11.3 Å². The predicted molar refractivity (Wildman–Crippen MR) is 109 cm³/mol. The Labute approximate surface area is 158 Å². The van der Waals surface area contributed by atoms with Crippen molar-refractivity contribution in [2.75, 3.05) is 6.29 Å². The highest BCUT2D eigenvalue weighted by atomic mass is 79.9. The zero-order valence-corrected chi connectivity index (χ0v) is 17.0. The molecule has 0 radical (unpaired) electrons. The number of nitrogens with zero attached hydrogens (tertiary/aromatic N) is 3. The summed E-state index contributed by atoms with van der Waals surface area (Å²) in [5.41, 5.74) is 4.57. The topological polar surface area (TPSA) is 44.8 Å². The molecule has 1 aliphatic heterocycles. The lowest BCUT2D eigenvalue weighted by Gasteiger charge is -2.40. The molecule has 1 aromatic carbocycles. The summed E-state index contributed by atoms with van der Waals surface area (Å²) in [6.07, 6.45) is 6.26. The first-order valence-electron chi connectivity index (χ1n) is 8.70. The molecule has 2 aromatic heterocycles. The fourth-order valence-electron chi connectivity index (χ4n) is 3.92. The molecule has 1 aliphatic rings. The average Bonchev–Trinajstić information content (AvgIpc) is 3.07. The number of aromatic amines is 1. The van der Waals surface area contributed by atoms with Crippen molar-refractivity contribution in [2.45, 2.75) is 38.3 Å². The lowest BCUT2D eigenvalue weighted by Crippen LogP contribution is -2.36. The number of pyridine rings is 1. The van der Waals surface area contributed by atoms with Crippen LogP contribution in [0.5, 0.6) is 0 Å². The summed E-state index contributed by atoms with van der Waals surface area (Å²) >= 11 is 3.61. The number of halogens is 1. The maximum atomic E-state index is 4.91. The van der Waals surface area contributed by atoms with Crippen molar-refractivity contribution in [3.05, 3.63) is 58.1 Å². The molecule has 0 spiro atoms. The van der Waals surface area contributed by atoms with Gasteiger partial charge in [-0.15, -0.1) is 9.24 Å². The summed E-state index contributed by atoms with van der Waals surface area (Å²) in [5.74, 6) is 1.06. The second-order valence-corrected chi connectivity index (χ2v) is 7.84. The van der Waals surface area contributed by atoms with E-state index in [2.05, 4.69) is 54.1 Å². The first-order chi connectivity index (χ1) is 12.2. The van der Waals surface area contributed by atoms with E-state index >= 15 is 0 Å². The van der Waals surface area contributed by atoms with Crippen LogP contribution in [-0.4, -0.2) is 26.1 Å². The van der Waals surface area contributed by atoms with Crippen LogP contribution in [0.1, 0.15) is 48.4 Å². The van der Waals surface area contributed by atoms with Crippen LogP contribution in [0.2, 0.25) is 0 Å². The Hall–Kier alpha value is -1.29. The SMILES string of the molecule is Cc1cccnc1[C@@H]1CCC[C@H](c2nc3c(Br)cccc3[nH]2)N1CP. The first kappa shape index (κ1) is 17.1. The number of hydrogen-bond donors (Lipinski definition) is 1. The molecule has 3 aromatic rings. The molecular weight excluding hydrogens is 395 g/mol. The van der Waals surface area contributed by atoms with Crippen LogP contribution in [-0.2, 0) is 0 Å². The highest BCUT2D eigenvalue weighted by Crippen LogP contribution is 2.42. The lowest BCUT2D eigenvalue weighted by atomic mass is 9.92. The molecule has 0 amide bonds. The number of aromatic nitrogens is 3. The summed E-state index contributed by atoms with van der Waals surface area (Å²) < 4.78 is 1.04. The Morgan fingerprint density at radius 3 is 2.84 bits per heavy atom. The third kappa shape index (κ3) is 3.14. The minimum atomic E-state index is 0.289. The third-order valence-corrected chi connectivity index (χ3v) is 6.19. The van der Waals surface area contributed by atoms with Gasteiger partial charge in [0.2, 0.25) is 0 Å². The molecule has 1 saturated heterocycles. The van der Waals surface area contributed by atoms with Crippen LogP contribution < -0.4 is 0 Å². The maximum absolute atomic E-state index is 4.91. The van der Waals surface area contributed by atoms with Crippen molar-refractivity contribution < 1.29 is 0 Å². The van der Waals surface area contributed by atoms with Crippen molar-refractivity contribution in [3.8, 4) is 0 Å². The molecule has 25 heavy (non-hydrogen) atoms. The Bertz CT molecular complexity index is 894. The monoisotopic (exact) mass is 416 g/mol. The zero-order chi connectivity index (χ0) is 17.4. The average molecular weight is 417 g/mol. The summed E-state index contributed by atoms with van der Waals surface area (Å²) in [6.45, 7) is 2.16. The van der Waals surface area contributed by atoms with Crippen molar-refractivity contribution in [3.63, 3.8) is 0 Å². The molecule has 6 heteroatoms. The van der Waals surface area contributed by atoms with E-state index < -0.39 is 0 Å². The van der Waals surface area contributed by atoms with Gasteiger partial charge in [-0.2, -0.15) is 0 Å².